The van der Waals surface area contributed by atoms with Crippen LogP contribution in [0.4, 0.5) is 11.4 Å². The second-order valence-electron chi connectivity index (χ2n) is 3.15. The van der Waals surface area contributed by atoms with Gasteiger partial charge >= 0.3 is 0 Å². The molecule has 0 aromatic heterocycles. The number of hydrogen-bond donors (Lipinski definition) is 1. The maximum atomic E-state index is 10.2. The van der Waals surface area contributed by atoms with E-state index in [-0.39, 0.29) is 11.3 Å². The van der Waals surface area contributed by atoms with E-state index in [2.05, 4.69) is 11.8 Å². The number of hydrogen-bond acceptors (Lipinski definition) is 4. The van der Waals surface area contributed by atoms with Gasteiger partial charge in [0.05, 0.1) is 11.7 Å². The zero-order valence-electron chi connectivity index (χ0n) is 11.3. The summed E-state index contributed by atoms with van der Waals surface area (Å²) >= 11 is 0. The van der Waals surface area contributed by atoms with Crippen LogP contribution in [0.2, 0.25) is 0 Å². The highest BCUT2D eigenvalue weighted by Gasteiger charge is 2.12. The van der Waals surface area contributed by atoms with Crippen molar-refractivity contribution in [3.63, 3.8) is 0 Å². The van der Waals surface area contributed by atoms with E-state index in [0.29, 0.717) is 5.69 Å². The van der Waals surface area contributed by atoms with Crippen molar-refractivity contribution in [2.75, 3.05) is 5.06 Å². The third-order valence-electron chi connectivity index (χ3n) is 2.09. The molecule has 0 spiro atoms. The van der Waals surface area contributed by atoms with Gasteiger partial charge in [-0.05, 0) is 43.2 Å². The van der Waals surface area contributed by atoms with Gasteiger partial charge in [0, 0.05) is 4.11 Å². The van der Waals surface area contributed by atoms with Gasteiger partial charge in [0.2, 0.25) is 0 Å². The molecular weight excluding hydrogens is 192 g/mol. The summed E-state index contributed by atoms with van der Waals surface area (Å²) in [7, 11) is 0. The summed E-state index contributed by atoms with van der Waals surface area (Å²) in [6.45, 7) is 2.67. The molecule has 1 N–H and O–H groups in total. The van der Waals surface area contributed by atoms with Crippen LogP contribution in [-0.2, 0) is 0 Å². The van der Waals surface area contributed by atoms with Crippen LogP contribution < -0.4 is 5.06 Å². The van der Waals surface area contributed by atoms with Crippen molar-refractivity contribution < 1.29 is 9.32 Å². The third-order valence-corrected chi connectivity index (χ3v) is 2.09. The van der Waals surface area contributed by atoms with Crippen molar-refractivity contribution in [1.82, 2.24) is 0 Å². The Bertz CT molecular complexity index is 443. The summed E-state index contributed by atoms with van der Waals surface area (Å²) in [5.41, 5.74) is 0.525. The first-order valence-corrected chi connectivity index (χ1v) is 4.38. The fourth-order valence-electron chi connectivity index (χ4n) is 1.04. The van der Waals surface area contributed by atoms with E-state index in [4.69, 9.17) is 4.11 Å². The normalized spacial score (nSPS) is 15.7. The Morgan fingerprint density at radius 3 is 2.67 bits per heavy atom. The lowest BCUT2D eigenvalue weighted by Crippen LogP contribution is -2.29. The smallest absolute Gasteiger partial charge is 0.108 e. The minimum absolute atomic E-state index is 0.0670. The molecule has 0 radical (unpaired) electrons. The van der Waals surface area contributed by atoms with Crippen LogP contribution in [0.5, 0.6) is 0 Å². The number of nitroso groups, excluding NO2 is 1. The molecular formula is C11H14N2O2. The largest absolute Gasteiger partial charge is 0.288 e. The van der Waals surface area contributed by atoms with Crippen LogP contribution in [0, 0.1) is 4.91 Å². The van der Waals surface area contributed by atoms with Crippen molar-refractivity contribution in [3.05, 3.63) is 41.3 Å². The van der Waals surface area contributed by atoms with Crippen LogP contribution in [0.25, 0.3) is 0 Å². The van der Waals surface area contributed by atoms with Crippen LogP contribution in [-0.4, -0.2) is 11.2 Å². The van der Waals surface area contributed by atoms with E-state index in [1.165, 1.54) is 31.2 Å². The molecule has 1 atom stereocenters. The van der Waals surface area contributed by atoms with E-state index < -0.39 is 12.9 Å². The SMILES string of the molecule is [2H]C([2H])([2H])C(=C)C(C)N(O)c1ccc(N=O)cc1. The molecule has 0 heterocycles. The van der Waals surface area contributed by atoms with Gasteiger partial charge in [-0.3, -0.25) is 10.3 Å². The molecule has 4 heteroatoms. The molecule has 0 aliphatic carbocycles. The summed E-state index contributed by atoms with van der Waals surface area (Å²) in [4.78, 5) is 10.2. The van der Waals surface area contributed by atoms with Gasteiger partial charge < -0.3 is 0 Å². The Morgan fingerprint density at radius 2 is 2.20 bits per heavy atom. The summed E-state index contributed by atoms with van der Waals surface area (Å²) in [6, 6.07) is 5.03. The second-order valence-corrected chi connectivity index (χ2v) is 3.15. The van der Waals surface area contributed by atoms with E-state index in [1.807, 2.05) is 0 Å². The first-order valence-electron chi connectivity index (χ1n) is 5.88. The minimum atomic E-state index is -2.33. The topological polar surface area (TPSA) is 52.9 Å². The highest BCUT2D eigenvalue weighted by molar-refractivity contribution is 5.52. The Morgan fingerprint density at radius 1 is 1.60 bits per heavy atom. The molecule has 1 aromatic carbocycles. The first kappa shape index (κ1) is 7.59. The van der Waals surface area contributed by atoms with Crippen molar-refractivity contribution in [2.24, 2.45) is 5.18 Å². The van der Waals surface area contributed by atoms with Gasteiger partial charge in [-0.2, -0.15) is 0 Å². The van der Waals surface area contributed by atoms with Gasteiger partial charge in [-0.1, -0.05) is 12.2 Å². The standard InChI is InChI=1S/C11H14N2O2/c1-8(2)9(3)13(15)11-6-4-10(12-14)5-7-11/h4-7,9,15H,1H2,2-3H3/i2D3. The number of hydroxylamine groups is 1. The minimum Gasteiger partial charge on any atom is -0.288 e. The third kappa shape index (κ3) is 2.63. The molecule has 4 nitrogen and oxygen atoms in total. The average molecular weight is 209 g/mol. The second kappa shape index (κ2) is 4.70. The Hall–Kier alpha value is -1.68. The number of nitrogens with zero attached hydrogens (tertiary/aromatic N) is 2. The van der Waals surface area contributed by atoms with Gasteiger partial charge in [-0.25, -0.2) is 0 Å². The number of benzene rings is 1. The van der Waals surface area contributed by atoms with Crippen molar-refractivity contribution in [2.45, 2.75) is 19.8 Å². The van der Waals surface area contributed by atoms with Crippen LogP contribution >= 0.6 is 0 Å². The quantitative estimate of drug-likeness (QED) is 0.470. The zero-order valence-corrected chi connectivity index (χ0v) is 8.34. The maximum absolute atomic E-state index is 10.2. The molecule has 1 rings (SSSR count). The molecule has 0 bridgehead atoms. The highest BCUT2D eigenvalue weighted by atomic mass is 16.5. The molecule has 0 fully saturated rings. The predicted octanol–water partition coefficient (Wildman–Crippen LogP) is 3.24. The fourth-order valence-corrected chi connectivity index (χ4v) is 1.04. The molecule has 80 valence electrons. The lowest BCUT2D eigenvalue weighted by molar-refractivity contribution is 0.234. The van der Waals surface area contributed by atoms with Gasteiger partial charge in [0.15, 0.2) is 0 Å². The average Bonchev–Trinajstić information content (AvgIpc) is 2.35. The van der Waals surface area contributed by atoms with Crippen molar-refractivity contribution in [1.29, 1.82) is 0 Å². The predicted molar refractivity (Wildman–Crippen MR) is 60.4 cm³/mol. The fraction of sp³-hybridized carbons (Fsp3) is 0.273. The van der Waals surface area contributed by atoms with E-state index in [9.17, 15) is 10.1 Å². The van der Waals surface area contributed by atoms with Crippen LogP contribution in [0.1, 0.15) is 17.9 Å². The molecule has 0 amide bonds. The Labute approximate surface area is 93.0 Å². The van der Waals surface area contributed by atoms with E-state index in [0.717, 1.165) is 5.06 Å². The van der Waals surface area contributed by atoms with Crippen LogP contribution in [0.15, 0.2) is 41.6 Å². The van der Waals surface area contributed by atoms with E-state index >= 15 is 0 Å². The van der Waals surface area contributed by atoms with Crippen LogP contribution in [0.3, 0.4) is 0 Å². The number of rotatable bonds is 4. The van der Waals surface area contributed by atoms with Gasteiger partial charge in [-0.15, -0.1) is 4.91 Å². The van der Waals surface area contributed by atoms with E-state index in [1.54, 1.807) is 0 Å². The summed E-state index contributed by atoms with van der Waals surface area (Å²) in [5, 5.41) is 13.4. The summed E-state index contributed by atoms with van der Waals surface area (Å²) in [5.74, 6) is 0. The molecule has 15 heavy (non-hydrogen) atoms. The lowest BCUT2D eigenvalue weighted by Gasteiger charge is -2.24. The maximum Gasteiger partial charge on any atom is 0.108 e. The molecule has 1 unspecified atom stereocenters. The molecule has 0 saturated heterocycles. The first-order chi connectivity index (χ1) is 8.27. The molecule has 0 aliphatic heterocycles. The molecule has 0 aliphatic rings. The zero-order chi connectivity index (χ0) is 13.9. The van der Waals surface area contributed by atoms with Crippen molar-refractivity contribution >= 4 is 11.4 Å². The molecule has 0 saturated carbocycles. The lowest BCUT2D eigenvalue weighted by atomic mass is 10.1. The highest BCUT2D eigenvalue weighted by Crippen LogP contribution is 2.21. The molecule has 1 aromatic rings. The number of anilines is 1. The van der Waals surface area contributed by atoms with Gasteiger partial charge in [0.25, 0.3) is 0 Å². The summed E-state index contributed by atoms with van der Waals surface area (Å²) in [6.07, 6.45) is 0. The Balaban J connectivity index is 2.89. The Kier molecular flexibility index (Phi) is 2.38. The van der Waals surface area contributed by atoms with Crippen molar-refractivity contribution in [3.8, 4) is 0 Å². The monoisotopic (exact) mass is 209 g/mol. The summed E-state index contributed by atoms with van der Waals surface area (Å²) < 4.78 is 21.7. The van der Waals surface area contributed by atoms with Gasteiger partial charge in [0.1, 0.15) is 5.69 Å².